The monoisotopic (exact) mass is 402 g/mol. The summed E-state index contributed by atoms with van der Waals surface area (Å²) in [6, 6.07) is 6.85. The Labute approximate surface area is 169 Å². The lowest BCUT2D eigenvalue weighted by Gasteiger charge is -2.36. The van der Waals surface area contributed by atoms with Crippen molar-refractivity contribution >= 4 is 29.0 Å². The molecule has 2 aromatic rings. The molecule has 28 heavy (non-hydrogen) atoms. The molecule has 150 valence electrons. The first-order valence-corrected chi connectivity index (χ1v) is 10.3. The summed E-state index contributed by atoms with van der Waals surface area (Å²) in [5.41, 5.74) is 0.906. The molecule has 0 bridgehead atoms. The number of thiophene rings is 1. The summed E-state index contributed by atoms with van der Waals surface area (Å²) in [5, 5.41) is 7.37. The van der Waals surface area contributed by atoms with Gasteiger partial charge in [-0.2, -0.15) is 0 Å². The minimum absolute atomic E-state index is 0.176. The standard InChI is InChI=1S/C20H26N4O3S/c1-13-11-24(12-14(2)27-13)18-7-6-16(9-21-18)10-22-19(25)15(3)23-20(26)17-5-4-8-28-17/h4-9,13-15H,10-12H2,1-3H3,(H,22,25)(H,23,26). The van der Waals surface area contributed by atoms with E-state index in [1.807, 2.05) is 17.5 Å². The quantitative estimate of drug-likeness (QED) is 0.774. The first-order valence-electron chi connectivity index (χ1n) is 9.40. The van der Waals surface area contributed by atoms with Gasteiger partial charge in [0.25, 0.3) is 5.91 Å². The molecule has 1 aliphatic rings. The third-order valence-corrected chi connectivity index (χ3v) is 5.37. The zero-order valence-corrected chi connectivity index (χ0v) is 17.2. The number of carbonyl (C=O) groups excluding carboxylic acids is 2. The van der Waals surface area contributed by atoms with Gasteiger partial charge >= 0.3 is 0 Å². The number of amides is 2. The van der Waals surface area contributed by atoms with E-state index in [0.29, 0.717) is 11.4 Å². The van der Waals surface area contributed by atoms with Crippen LogP contribution in [0.2, 0.25) is 0 Å². The zero-order chi connectivity index (χ0) is 20.1. The third-order valence-electron chi connectivity index (χ3n) is 4.51. The van der Waals surface area contributed by atoms with Crippen LogP contribution in [0.5, 0.6) is 0 Å². The molecule has 0 aliphatic carbocycles. The van der Waals surface area contributed by atoms with Gasteiger partial charge in [-0.3, -0.25) is 9.59 Å². The van der Waals surface area contributed by atoms with E-state index in [4.69, 9.17) is 4.74 Å². The molecule has 2 aromatic heterocycles. The fourth-order valence-corrected chi connectivity index (χ4v) is 3.78. The van der Waals surface area contributed by atoms with Gasteiger partial charge in [0.15, 0.2) is 0 Å². The first kappa shape index (κ1) is 20.3. The largest absolute Gasteiger partial charge is 0.372 e. The smallest absolute Gasteiger partial charge is 0.261 e. The van der Waals surface area contributed by atoms with E-state index in [0.717, 1.165) is 24.5 Å². The number of hydrogen-bond acceptors (Lipinski definition) is 6. The Morgan fingerprint density at radius 3 is 2.64 bits per heavy atom. The molecule has 3 unspecified atom stereocenters. The molecule has 0 saturated carbocycles. The number of anilines is 1. The molecule has 1 saturated heterocycles. The lowest BCUT2D eigenvalue weighted by Crippen LogP contribution is -2.45. The highest BCUT2D eigenvalue weighted by Gasteiger charge is 2.23. The molecule has 0 radical (unpaired) electrons. The fraction of sp³-hybridized carbons (Fsp3) is 0.450. The normalized spacial score (nSPS) is 20.5. The van der Waals surface area contributed by atoms with Crippen molar-refractivity contribution < 1.29 is 14.3 Å². The number of nitrogens with one attached hydrogen (secondary N) is 2. The number of nitrogens with zero attached hydrogens (tertiary/aromatic N) is 2. The fourth-order valence-electron chi connectivity index (χ4n) is 3.16. The molecule has 0 aromatic carbocycles. The Morgan fingerprint density at radius 2 is 2.04 bits per heavy atom. The van der Waals surface area contributed by atoms with Gasteiger partial charge in [-0.1, -0.05) is 12.1 Å². The SMILES string of the molecule is CC1CN(c2ccc(CNC(=O)C(C)NC(=O)c3cccs3)cn2)CC(C)O1. The van der Waals surface area contributed by atoms with Crippen LogP contribution in [-0.4, -0.2) is 48.1 Å². The van der Waals surface area contributed by atoms with Crippen LogP contribution in [0.25, 0.3) is 0 Å². The number of pyridine rings is 1. The summed E-state index contributed by atoms with van der Waals surface area (Å²) >= 11 is 1.34. The molecular weight excluding hydrogens is 376 g/mol. The van der Waals surface area contributed by atoms with Crippen molar-refractivity contribution in [3.05, 3.63) is 46.3 Å². The Kier molecular flexibility index (Phi) is 6.64. The van der Waals surface area contributed by atoms with E-state index in [1.165, 1.54) is 11.3 Å². The number of rotatable bonds is 6. The maximum Gasteiger partial charge on any atom is 0.261 e. The Morgan fingerprint density at radius 1 is 1.29 bits per heavy atom. The summed E-state index contributed by atoms with van der Waals surface area (Å²) in [5.74, 6) is 0.441. The molecule has 3 rings (SSSR count). The average Bonchev–Trinajstić information content (AvgIpc) is 3.20. The van der Waals surface area contributed by atoms with Gasteiger partial charge in [-0.15, -0.1) is 11.3 Å². The summed E-state index contributed by atoms with van der Waals surface area (Å²) in [6.07, 6.45) is 2.13. The second-order valence-electron chi connectivity index (χ2n) is 7.08. The molecule has 2 amide bonds. The number of ether oxygens (including phenoxy) is 1. The van der Waals surface area contributed by atoms with Crippen molar-refractivity contribution in [1.29, 1.82) is 0 Å². The maximum absolute atomic E-state index is 12.2. The summed E-state index contributed by atoms with van der Waals surface area (Å²) in [7, 11) is 0. The van der Waals surface area contributed by atoms with Crippen molar-refractivity contribution in [2.24, 2.45) is 0 Å². The highest BCUT2D eigenvalue weighted by molar-refractivity contribution is 7.12. The van der Waals surface area contributed by atoms with Gasteiger partial charge in [-0.05, 0) is 43.8 Å². The van der Waals surface area contributed by atoms with E-state index in [-0.39, 0.29) is 24.0 Å². The van der Waals surface area contributed by atoms with Gasteiger partial charge in [0.2, 0.25) is 5.91 Å². The van der Waals surface area contributed by atoms with E-state index >= 15 is 0 Å². The predicted octanol–water partition coefficient (Wildman–Crippen LogP) is 2.19. The van der Waals surface area contributed by atoms with Crippen molar-refractivity contribution in [3.63, 3.8) is 0 Å². The highest BCUT2D eigenvalue weighted by Crippen LogP contribution is 2.18. The molecular formula is C20H26N4O3S. The van der Waals surface area contributed by atoms with Crippen molar-refractivity contribution in [2.75, 3.05) is 18.0 Å². The third kappa shape index (κ3) is 5.30. The van der Waals surface area contributed by atoms with E-state index in [9.17, 15) is 9.59 Å². The lowest BCUT2D eigenvalue weighted by atomic mass is 10.2. The number of hydrogen-bond donors (Lipinski definition) is 2. The maximum atomic E-state index is 12.2. The average molecular weight is 403 g/mol. The van der Waals surface area contributed by atoms with Crippen molar-refractivity contribution in [1.82, 2.24) is 15.6 Å². The Balaban J connectivity index is 1.49. The van der Waals surface area contributed by atoms with Gasteiger partial charge < -0.3 is 20.3 Å². The van der Waals surface area contributed by atoms with E-state index < -0.39 is 6.04 Å². The second-order valence-corrected chi connectivity index (χ2v) is 8.02. The lowest BCUT2D eigenvalue weighted by molar-refractivity contribution is -0.122. The van der Waals surface area contributed by atoms with Crippen LogP contribution in [0.4, 0.5) is 5.82 Å². The summed E-state index contributed by atoms with van der Waals surface area (Å²) in [4.78, 5) is 31.6. The summed E-state index contributed by atoms with van der Waals surface area (Å²) < 4.78 is 5.75. The Hall–Kier alpha value is -2.45. The zero-order valence-electron chi connectivity index (χ0n) is 16.3. The van der Waals surface area contributed by atoms with E-state index in [1.54, 1.807) is 25.3 Å². The molecule has 2 N–H and O–H groups in total. The molecule has 8 heteroatoms. The molecule has 1 aliphatic heterocycles. The van der Waals surface area contributed by atoms with Crippen LogP contribution in [0.1, 0.15) is 36.0 Å². The van der Waals surface area contributed by atoms with Crippen LogP contribution in [0.3, 0.4) is 0 Å². The Bertz CT molecular complexity index is 784. The first-order chi connectivity index (χ1) is 13.4. The van der Waals surface area contributed by atoms with Gasteiger partial charge in [0.05, 0.1) is 17.1 Å². The minimum atomic E-state index is -0.613. The molecule has 1 fully saturated rings. The van der Waals surface area contributed by atoms with Crippen LogP contribution >= 0.6 is 11.3 Å². The molecule has 3 atom stereocenters. The number of carbonyl (C=O) groups is 2. The van der Waals surface area contributed by atoms with Crippen LogP contribution < -0.4 is 15.5 Å². The van der Waals surface area contributed by atoms with Crippen LogP contribution in [0, 0.1) is 0 Å². The topological polar surface area (TPSA) is 83.6 Å². The van der Waals surface area contributed by atoms with Crippen LogP contribution in [-0.2, 0) is 16.1 Å². The number of aromatic nitrogens is 1. The second kappa shape index (κ2) is 9.16. The molecule has 7 nitrogen and oxygen atoms in total. The van der Waals surface area contributed by atoms with Crippen molar-refractivity contribution in [2.45, 2.75) is 45.6 Å². The minimum Gasteiger partial charge on any atom is -0.372 e. The highest BCUT2D eigenvalue weighted by atomic mass is 32.1. The van der Waals surface area contributed by atoms with E-state index in [2.05, 4.69) is 34.4 Å². The number of morpholine rings is 1. The van der Waals surface area contributed by atoms with Crippen molar-refractivity contribution in [3.8, 4) is 0 Å². The van der Waals surface area contributed by atoms with Gasteiger partial charge in [0.1, 0.15) is 11.9 Å². The molecule has 3 heterocycles. The summed E-state index contributed by atoms with van der Waals surface area (Å²) in [6.45, 7) is 7.78. The van der Waals surface area contributed by atoms with Crippen LogP contribution in [0.15, 0.2) is 35.8 Å². The predicted molar refractivity (Wildman–Crippen MR) is 110 cm³/mol. The molecule has 0 spiro atoms. The van der Waals surface area contributed by atoms with Gasteiger partial charge in [0, 0.05) is 25.8 Å². The van der Waals surface area contributed by atoms with Gasteiger partial charge in [-0.25, -0.2) is 4.98 Å².